The Balaban J connectivity index is 2.88. The van der Waals surface area contributed by atoms with E-state index in [1.54, 1.807) is 6.20 Å². The summed E-state index contributed by atoms with van der Waals surface area (Å²) in [5, 5.41) is 7.53. The molecular weight excluding hydrogens is 142 g/mol. The first kappa shape index (κ1) is 8.03. The predicted octanol–water partition coefficient (Wildman–Crippen LogP) is -0.619. The van der Waals surface area contributed by atoms with Crippen molar-refractivity contribution in [2.24, 2.45) is 11.6 Å². The van der Waals surface area contributed by atoms with E-state index in [9.17, 15) is 0 Å². The van der Waals surface area contributed by atoms with Gasteiger partial charge in [-0.2, -0.15) is 0 Å². The van der Waals surface area contributed by atoms with E-state index >= 15 is 0 Å². The lowest BCUT2D eigenvalue weighted by Crippen LogP contribution is -2.66. The van der Waals surface area contributed by atoms with Gasteiger partial charge in [0.25, 0.3) is 5.84 Å². The lowest BCUT2D eigenvalue weighted by atomic mass is 10.3. The summed E-state index contributed by atoms with van der Waals surface area (Å²) in [4.78, 5) is 0. The Kier molecular flexibility index (Phi) is 1.62. The Labute approximate surface area is 65.7 Å². The molecule has 1 aliphatic rings. The van der Waals surface area contributed by atoms with Crippen molar-refractivity contribution in [1.82, 2.24) is 5.43 Å². The molecule has 0 saturated heterocycles. The molecule has 1 rings (SSSR count). The van der Waals surface area contributed by atoms with Crippen LogP contribution in [-0.4, -0.2) is 16.6 Å². The van der Waals surface area contributed by atoms with Gasteiger partial charge in [-0.3, -0.25) is 0 Å². The minimum Gasteiger partial charge on any atom is -0.391 e. The van der Waals surface area contributed by atoms with Crippen molar-refractivity contribution in [2.75, 3.05) is 0 Å². The maximum Gasteiger partial charge on any atom is 0.290 e. The largest absolute Gasteiger partial charge is 0.391 e. The molecule has 5 nitrogen and oxygen atoms in total. The number of nitrogens with two attached hydrogens (primary N) is 2. The average Bonchev–Trinajstić information content (AvgIpc) is 2.18. The molecule has 0 saturated carbocycles. The lowest BCUT2D eigenvalue weighted by Gasteiger charge is -2.29. The molecule has 0 amide bonds. The Morgan fingerprint density at radius 1 is 1.64 bits per heavy atom. The van der Waals surface area contributed by atoms with Crippen LogP contribution < -0.4 is 17.0 Å². The van der Waals surface area contributed by atoms with Crippen molar-refractivity contribution < 1.29 is 4.70 Å². The van der Waals surface area contributed by atoms with Gasteiger partial charge in [0.2, 0.25) is 0 Å². The topological polar surface area (TPSA) is 87.9 Å². The van der Waals surface area contributed by atoms with E-state index in [-0.39, 0.29) is 16.6 Å². The molecule has 0 fully saturated rings. The van der Waals surface area contributed by atoms with Crippen LogP contribution in [0.1, 0.15) is 13.8 Å². The van der Waals surface area contributed by atoms with Crippen LogP contribution >= 0.6 is 0 Å². The molecule has 0 spiro atoms. The van der Waals surface area contributed by atoms with Crippen LogP contribution in [0.3, 0.4) is 0 Å². The smallest absolute Gasteiger partial charge is 0.290 e. The van der Waals surface area contributed by atoms with Crippen molar-refractivity contribution in [3.63, 3.8) is 0 Å². The highest BCUT2D eigenvalue weighted by Crippen LogP contribution is 2.11. The fourth-order valence-electron chi connectivity index (χ4n) is 0.930. The molecule has 1 heterocycles. The second-order valence-electron chi connectivity index (χ2n) is 2.95. The van der Waals surface area contributed by atoms with Crippen LogP contribution in [0, 0.1) is 5.41 Å². The standard InChI is InChI=1S/C6H14N5/c1-4(2)11(9)6(8)5(7)3-10-11/h3-4,8,10H,7,9H2,1-2H3/q+1. The fraction of sp³-hybridized carbons (Fsp3) is 0.500. The van der Waals surface area contributed by atoms with Crippen molar-refractivity contribution in [3.8, 4) is 0 Å². The number of nitrogens with zero attached hydrogens (tertiary/aromatic N) is 1. The first-order valence-electron chi connectivity index (χ1n) is 3.48. The van der Waals surface area contributed by atoms with Gasteiger partial charge in [-0.05, 0) is 13.8 Å². The molecule has 6 N–H and O–H groups in total. The highest BCUT2D eigenvalue weighted by molar-refractivity contribution is 5.90. The zero-order valence-corrected chi connectivity index (χ0v) is 6.76. The van der Waals surface area contributed by atoms with Gasteiger partial charge in [0, 0.05) is 0 Å². The van der Waals surface area contributed by atoms with E-state index in [1.807, 2.05) is 13.8 Å². The number of hydrogen-bond acceptors (Lipinski definition) is 4. The van der Waals surface area contributed by atoms with Gasteiger partial charge in [0.15, 0.2) is 0 Å². The van der Waals surface area contributed by atoms with Crippen LogP contribution in [0.25, 0.3) is 0 Å². The number of rotatable bonds is 1. The minimum absolute atomic E-state index is 0.0970. The third-order valence-electron chi connectivity index (χ3n) is 1.89. The van der Waals surface area contributed by atoms with Gasteiger partial charge >= 0.3 is 0 Å². The molecule has 0 aromatic carbocycles. The molecular formula is C6H14N5+. The van der Waals surface area contributed by atoms with Gasteiger partial charge < -0.3 is 5.73 Å². The third-order valence-corrected chi connectivity index (χ3v) is 1.89. The van der Waals surface area contributed by atoms with Crippen LogP contribution in [0.5, 0.6) is 0 Å². The van der Waals surface area contributed by atoms with E-state index in [4.69, 9.17) is 17.0 Å². The molecule has 0 aromatic rings. The number of nitrogens with one attached hydrogen (secondary N) is 2. The van der Waals surface area contributed by atoms with Gasteiger partial charge in [0.1, 0.15) is 11.7 Å². The van der Waals surface area contributed by atoms with Gasteiger partial charge in [0.05, 0.1) is 6.20 Å². The van der Waals surface area contributed by atoms with Gasteiger partial charge in [-0.15, -0.1) is 10.5 Å². The van der Waals surface area contributed by atoms with Crippen LogP contribution in [0.4, 0.5) is 0 Å². The number of hydrogen-bond donors (Lipinski definition) is 4. The molecule has 1 aliphatic heterocycles. The van der Waals surface area contributed by atoms with E-state index in [2.05, 4.69) is 5.43 Å². The quantitative estimate of drug-likeness (QED) is 0.301. The SMILES string of the molecule is CC(C)[N+]1(N)NC=C(N)C1=N. The highest BCUT2D eigenvalue weighted by Gasteiger charge is 2.39. The van der Waals surface area contributed by atoms with E-state index in [0.29, 0.717) is 5.70 Å². The molecule has 5 heteroatoms. The molecule has 0 bridgehead atoms. The van der Waals surface area contributed by atoms with E-state index in [1.165, 1.54) is 0 Å². The summed E-state index contributed by atoms with van der Waals surface area (Å²) in [6.07, 6.45) is 1.56. The first-order valence-corrected chi connectivity index (χ1v) is 3.48. The van der Waals surface area contributed by atoms with Gasteiger partial charge in [-0.1, -0.05) is 0 Å². The molecule has 1 unspecified atom stereocenters. The van der Waals surface area contributed by atoms with Crippen molar-refractivity contribution >= 4 is 5.84 Å². The molecule has 11 heavy (non-hydrogen) atoms. The Morgan fingerprint density at radius 3 is 2.36 bits per heavy atom. The Bertz CT molecular complexity index is 219. The third kappa shape index (κ3) is 0.979. The van der Waals surface area contributed by atoms with E-state index in [0.717, 1.165) is 0 Å². The molecule has 0 aromatic heterocycles. The van der Waals surface area contributed by atoms with Crippen molar-refractivity contribution in [1.29, 1.82) is 5.41 Å². The second kappa shape index (κ2) is 2.21. The molecule has 1 atom stereocenters. The van der Waals surface area contributed by atoms with Crippen LogP contribution in [0.2, 0.25) is 0 Å². The Hall–Kier alpha value is -1.07. The zero-order valence-electron chi connectivity index (χ0n) is 6.76. The molecule has 0 radical (unpaired) electrons. The summed E-state index contributed by atoms with van der Waals surface area (Å²) in [6, 6.07) is 0.0970. The second-order valence-corrected chi connectivity index (χ2v) is 2.95. The van der Waals surface area contributed by atoms with Crippen molar-refractivity contribution in [3.05, 3.63) is 11.9 Å². The Morgan fingerprint density at radius 2 is 2.18 bits per heavy atom. The summed E-state index contributed by atoms with van der Waals surface area (Å²) < 4.78 is -0.105. The highest BCUT2D eigenvalue weighted by atomic mass is 15.8. The normalized spacial score (nSPS) is 30.5. The molecule has 62 valence electrons. The number of quaternary nitrogens is 1. The summed E-state index contributed by atoms with van der Waals surface area (Å²) in [5.41, 5.74) is 8.71. The maximum atomic E-state index is 7.53. The zero-order chi connectivity index (χ0) is 8.65. The maximum absolute atomic E-state index is 7.53. The monoisotopic (exact) mass is 156 g/mol. The van der Waals surface area contributed by atoms with Crippen LogP contribution in [0.15, 0.2) is 11.9 Å². The van der Waals surface area contributed by atoms with Crippen molar-refractivity contribution in [2.45, 2.75) is 19.9 Å². The summed E-state index contributed by atoms with van der Waals surface area (Å²) in [6.45, 7) is 3.85. The van der Waals surface area contributed by atoms with Crippen LogP contribution in [-0.2, 0) is 0 Å². The molecule has 0 aliphatic carbocycles. The van der Waals surface area contributed by atoms with E-state index < -0.39 is 0 Å². The first-order chi connectivity index (χ1) is 4.98. The predicted molar refractivity (Wildman–Crippen MR) is 42.7 cm³/mol. The lowest BCUT2D eigenvalue weighted by molar-refractivity contribution is -0.909. The summed E-state index contributed by atoms with van der Waals surface area (Å²) in [7, 11) is 0. The summed E-state index contributed by atoms with van der Waals surface area (Å²) >= 11 is 0. The minimum atomic E-state index is -0.105. The number of amidine groups is 1. The summed E-state index contributed by atoms with van der Waals surface area (Å²) in [5.74, 6) is 6.03. The fourth-order valence-corrected chi connectivity index (χ4v) is 0.930. The average molecular weight is 156 g/mol. The van der Waals surface area contributed by atoms with Gasteiger partial charge in [-0.25, -0.2) is 10.8 Å².